The molecule has 1 aliphatic heterocycles. The second-order valence-electron chi connectivity index (χ2n) is 4.66. The van der Waals surface area contributed by atoms with E-state index in [0.717, 1.165) is 0 Å². The summed E-state index contributed by atoms with van der Waals surface area (Å²) in [5.74, 6) is 0.682. The molecule has 2 rings (SSSR count). The zero-order chi connectivity index (χ0) is 10.7. The van der Waals surface area contributed by atoms with Crippen molar-refractivity contribution in [3.63, 3.8) is 0 Å². The highest BCUT2D eigenvalue weighted by atomic mass is 15.1. The zero-order valence-electron chi connectivity index (χ0n) is 9.69. The first kappa shape index (κ1) is 10.6. The number of hydrogen-bond acceptors (Lipinski definition) is 2. The minimum atomic E-state index is 0.682. The van der Waals surface area contributed by atoms with Gasteiger partial charge in [0.1, 0.15) is 0 Å². The highest BCUT2D eigenvalue weighted by molar-refractivity contribution is 5.10. The van der Waals surface area contributed by atoms with Crippen LogP contribution in [0.2, 0.25) is 0 Å². The standard InChI is InChI=1S/C13H20N2/c1-11(2)15-9-6-12(7-10-15)13-5-3-4-8-14-13/h3-5,8,11-12H,6-7,9-10H2,1-2H3. The molecule has 1 aromatic heterocycles. The summed E-state index contributed by atoms with van der Waals surface area (Å²) in [4.78, 5) is 7.01. The Balaban J connectivity index is 1.94. The van der Waals surface area contributed by atoms with E-state index in [4.69, 9.17) is 0 Å². The second-order valence-corrected chi connectivity index (χ2v) is 4.66. The third kappa shape index (κ3) is 2.57. The van der Waals surface area contributed by atoms with Gasteiger partial charge in [-0.25, -0.2) is 0 Å². The van der Waals surface area contributed by atoms with E-state index in [0.29, 0.717) is 12.0 Å². The van der Waals surface area contributed by atoms with E-state index in [9.17, 15) is 0 Å². The minimum absolute atomic E-state index is 0.682. The molecule has 0 aliphatic carbocycles. The van der Waals surface area contributed by atoms with Crippen LogP contribution in [-0.4, -0.2) is 29.0 Å². The molecule has 2 nitrogen and oxygen atoms in total. The van der Waals surface area contributed by atoms with E-state index < -0.39 is 0 Å². The maximum absolute atomic E-state index is 4.45. The number of hydrogen-bond donors (Lipinski definition) is 0. The molecule has 0 spiro atoms. The van der Waals surface area contributed by atoms with Gasteiger partial charge in [-0.05, 0) is 51.9 Å². The van der Waals surface area contributed by atoms with Crippen LogP contribution < -0.4 is 0 Å². The van der Waals surface area contributed by atoms with E-state index in [1.54, 1.807) is 0 Å². The van der Waals surface area contributed by atoms with Crippen LogP contribution in [-0.2, 0) is 0 Å². The maximum atomic E-state index is 4.45. The van der Waals surface area contributed by atoms with Gasteiger partial charge in [-0.1, -0.05) is 6.07 Å². The summed E-state index contributed by atoms with van der Waals surface area (Å²) in [5.41, 5.74) is 1.28. The molecule has 1 aliphatic rings. The summed E-state index contributed by atoms with van der Waals surface area (Å²) in [6.07, 6.45) is 4.43. The predicted octanol–water partition coefficient (Wildman–Crippen LogP) is 2.67. The highest BCUT2D eigenvalue weighted by Crippen LogP contribution is 2.26. The van der Waals surface area contributed by atoms with Crippen molar-refractivity contribution < 1.29 is 0 Å². The molecule has 2 heterocycles. The van der Waals surface area contributed by atoms with Crippen LogP contribution in [0.15, 0.2) is 24.4 Å². The Labute approximate surface area is 92.3 Å². The van der Waals surface area contributed by atoms with Gasteiger partial charge in [0.15, 0.2) is 0 Å². The van der Waals surface area contributed by atoms with E-state index in [2.05, 4.69) is 35.9 Å². The average Bonchev–Trinajstić information content (AvgIpc) is 2.30. The van der Waals surface area contributed by atoms with Crippen molar-refractivity contribution in [3.8, 4) is 0 Å². The molecule has 15 heavy (non-hydrogen) atoms. The summed E-state index contributed by atoms with van der Waals surface area (Å²) in [5, 5.41) is 0. The lowest BCUT2D eigenvalue weighted by Gasteiger charge is -2.34. The lowest BCUT2D eigenvalue weighted by Crippen LogP contribution is -2.37. The normalized spacial score (nSPS) is 19.7. The predicted molar refractivity (Wildman–Crippen MR) is 62.9 cm³/mol. The van der Waals surface area contributed by atoms with Crippen LogP contribution in [0.4, 0.5) is 0 Å². The number of piperidine rings is 1. The third-order valence-corrected chi connectivity index (χ3v) is 3.37. The lowest BCUT2D eigenvalue weighted by molar-refractivity contribution is 0.171. The van der Waals surface area contributed by atoms with Gasteiger partial charge in [-0.15, -0.1) is 0 Å². The first-order valence-corrected chi connectivity index (χ1v) is 5.92. The molecule has 1 fully saturated rings. The van der Waals surface area contributed by atoms with Crippen LogP contribution >= 0.6 is 0 Å². The summed E-state index contributed by atoms with van der Waals surface area (Å²) in [6.45, 7) is 7.00. The second kappa shape index (κ2) is 4.75. The van der Waals surface area contributed by atoms with Crippen molar-refractivity contribution >= 4 is 0 Å². The van der Waals surface area contributed by atoms with Gasteiger partial charge in [0.2, 0.25) is 0 Å². The molecule has 2 heteroatoms. The van der Waals surface area contributed by atoms with Gasteiger partial charge in [-0.2, -0.15) is 0 Å². The van der Waals surface area contributed by atoms with Crippen molar-refractivity contribution in [2.45, 2.75) is 38.6 Å². The van der Waals surface area contributed by atoms with Gasteiger partial charge in [0.05, 0.1) is 0 Å². The topological polar surface area (TPSA) is 16.1 Å². The molecular weight excluding hydrogens is 184 g/mol. The number of pyridine rings is 1. The summed E-state index contributed by atoms with van der Waals surface area (Å²) in [7, 11) is 0. The van der Waals surface area contributed by atoms with Crippen LogP contribution in [0.1, 0.15) is 38.3 Å². The van der Waals surface area contributed by atoms with Gasteiger partial charge in [0.25, 0.3) is 0 Å². The number of aromatic nitrogens is 1. The lowest BCUT2D eigenvalue weighted by atomic mass is 9.92. The fourth-order valence-corrected chi connectivity index (χ4v) is 2.33. The fourth-order valence-electron chi connectivity index (χ4n) is 2.33. The smallest absolute Gasteiger partial charge is 0.0435 e. The quantitative estimate of drug-likeness (QED) is 0.736. The van der Waals surface area contributed by atoms with Gasteiger partial charge in [0, 0.05) is 23.9 Å². The van der Waals surface area contributed by atoms with Crippen molar-refractivity contribution in [3.05, 3.63) is 30.1 Å². The molecule has 0 N–H and O–H groups in total. The van der Waals surface area contributed by atoms with E-state index >= 15 is 0 Å². The Morgan fingerprint density at radius 2 is 2.00 bits per heavy atom. The van der Waals surface area contributed by atoms with Crippen LogP contribution in [0.5, 0.6) is 0 Å². The Bertz CT molecular complexity index is 287. The number of nitrogens with zero attached hydrogens (tertiary/aromatic N) is 2. The van der Waals surface area contributed by atoms with Crippen molar-refractivity contribution in [2.75, 3.05) is 13.1 Å². The molecule has 0 unspecified atom stereocenters. The maximum Gasteiger partial charge on any atom is 0.0435 e. The van der Waals surface area contributed by atoms with Crippen LogP contribution in [0, 0.1) is 0 Å². The van der Waals surface area contributed by atoms with Crippen molar-refractivity contribution in [2.24, 2.45) is 0 Å². The highest BCUT2D eigenvalue weighted by Gasteiger charge is 2.22. The Morgan fingerprint density at radius 3 is 2.53 bits per heavy atom. The Hall–Kier alpha value is -0.890. The van der Waals surface area contributed by atoms with Crippen molar-refractivity contribution in [1.29, 1.82) is 0 Å². The molecule has 82 valence electrons. The number of rotatable bonds is 2. The van der Waals surface area contributed by atoms with E-state index in [-0.39, 0.29) is 0 Å². The summed E-state index contributed by atoms with van der Waals surface area (Å²) in [6, 6.07) is 6.94. The van der Waals surface area contributed by atoms with E-state index in [1.807, 2.05) is 12.3 Å². The molecule has 0 saturated carbocycles. The Kier molecular flexibility index (Phi) is 3.37. The summed E-state index contributed by atoms with van der Waals surface area (Å²) >= 11 is 0. The largest absolute Gasteiger partial charge is 0.301 e. The molecule has 1 aromatic rings. The van der Waals surface area contributed by atoms with Crippen LogP contribution in [0.3, 0.4) is 0 Å². The molecular formula is C13H20N2. The minimum Gasteiger partial charge on any atom is -0.301 e. The monoisotopic (exact) mass is 204 g/mol. The SMILES string of the molecule is CC(C)N1CCC(c2ccccn2)CC1. The van der Waals surface area contributed by atoms with Gasteiger partial charge >= 0.3 is 0 Å². The molecule has 0 amide bonds. The molecule has 0 bridgehead atoms. The van der Waals surface area contributed by atoms with Crippen LogP contribution in [0.25, 0.3) is 0 Å². The molecule has 0 radical (unpaired) electrons. The summed E-state index contributed by atoms with van der Waals surface area (Å²) < 4.78 is 0. The first-order chi connectivity index (χ1) is 7.27. The molecule has 0 aromatic carbocycles. The average molecular weight is 204 g/mol. The van der Waals surface area contributed by atoms with Gasteiger partial charge in [-0.3, -0.25) is 4.98 Å². The van der Waals surface area contributed by atoms with E-state index in [1.165, 1.54) is 31.6 Å². The zero-order valence-corrected chi connectivity index (χ0v) is 9.69. The van der Waals surface area contributed by atoms with Crippen molar-refractivity contribution in [1.82, 2.24) is 9.88 Å². The van der Waals surface area contributed by atoms with Gasteiger partial charge < -0.3 is 4.90 Å². The number of likely N-dealkylation sites (tertiary alicyclic amines) is 1. The third-order valence-electron chi connectivity index (χ3n) is 3.37. The molecule has 0 atom stereocenters. The molecule has 1 saturated heterocycles. The fraction of sp³-hybridized carbons (Fsp3) is 0.615. The Morgan fingerprint density at radius 1 is 1.27 bits per heavy atom. The first-order valence-electron chi connectivity index (χ1n) is 5.92.